The molecule has 7 nitrogen and oxygen atoms in total. The summed E-state index contributed by atoms with van der Waals surface area (Å²) in [5.41, 5.74) is 2.57. The molecule has 0 saturated heterocycles. The number of aryl methyl sites for hydroxylation is 1. The van der Waals surface area contributed by atoms with E-state index in [1.54, 1.807) is 31.2 Å². The topological polar surface area (TPSA) is 93.5 Å². The van der Waals surface area contributed by atoms with Crippen molar-refractivity contribution in [2.75, 3.05) is 11.9 Å². The first-order valence-corrected chi connectivity index (χ1v) is 7.81. The van der Waals surface area contributed by atoms with Crippen LogP contribution in [0.15, 0.2) is 24.3 Å². The Hall–Kier alpha value is -2.83. The van der Waals surface area contributed by atoms with Gasteiger partial charge in [-0.3, -0.25) is 9.59 Å². The normalized spacial score (nSPS) is 16.4. The number of hydrogen-bond acceptors (Lipinski definition) is 5. The van der Waals surface area contributed by atoms with E-state index in [0.717, 1.165) is 16.8 Å². The van der Waals surface area contributed by atoms with Gasteiger partial charge in [0.15, 0.2) is 0 Å². The molecule has 2 aromatic rings. The summed E-state index contributed by atoms with van der Waals surface area (Å²) < 4.78 is 6.44. The Bertz CT molecular complexity index is 780. The highest BCUT2D eigenvalue weighted by atomic mass is 16.5. The molecule has 0 spiro atoms. The largest absolute Gasteiger partial charge is 0.508 e. The van der Waals surface area contributed by atoms with Gasteiger partial charge in [0.25, 0.3) is 0 Å². The van der Waals surface area contributed by atoms with Crippen LogP contribution in [0.1, 0.15) is 36.1 Å². The Morgan fingerprint density at radius 1 is 1.42 bits per heavy atom. The van der Waals surface area contributed by atoms with Crippen molar-refractivity contribution in [3.8, 4) is 5.75 Å². The number of amides is 1. The summed E-state index contributed by atoms with van der Waals surface area (Å²) in [7, 11) is 0. The number of fused-ring (bicyclic) bond motifs is 1. The van der Waals surface area contributed by atoms with Crippen LogP contribution in [0.3, 0.4) is 0 Å². The van der Waals surface area contributed by atoms with Crippen molar-refractivity contribution in [2.24, 2.45) is 0 Å². The van der Waals surface area contributed by atoms with Gasteiger partial charge in [0, 0.05) is 17.9 Å². The fourth-order valence-electron chi connectivity index (χ4n) is 3.05. The van der Waals surface area contributed by atoms with E-state index in [-0.39, 0.29) is 24.1 Å². The predicted molar refractivity (Wildman–Crippen MR) is 86.8 cm³/mol. The van der Waals surface area contributed by atoms with Crippen molar-refractivity contribution in [2.45, 2.75) is 32.7 Å². The number of esters is 1. The second kappa shape index (κ2) is 6.35. The summed E-state index contributed by atoms with van der Waals surface area (Å²) in [6.07, 6.45) is 0.295. The van der Waals surface area contributed by atoms with Gasteiger partial charge >= 0.3 is 5.97 Å². The van der Waals surface area contributed by atoms with Gasteiger partial charge < -0.3 is 15.2 Å². The lowest BCUT2D eigenvalue weighted by Gasteiger charge is -2.24. The minimum absolute atomic E-state index is 0.0490. The highest BCUT2D eigenvalue weighted by Gasteiger charge is 2.32. The molecule has 1 aromatic carbocycles. The first-order chi connectivity index (χ1) is 11.5. The molecule has 0 fully saturated rings. The maximum absolute atomic E-state index is 12.1. The molecule has 2 N–H and O–H groups in total. The lowest BCUT2D eigenvalue weighted by atomic mass is 9.86. The standard InChI is InChI=1S/C17H19N3O4/c1-3-24-15(23)9-20-17-16(10(2)19-20)13(8-14(22)18-17)11-4-6-12(21)7-5-11/h4-7,13,21H,3,8-9H2,1-2H3,(H,18,22)/t13-/m1/s1. The van der Waals surface area contributed by atoms with E-state index in [4.69, 9.17) is 4.74 Å². The number of nitrogens with one attached hydrogen (secondary N) is 1. The van der Waals surface area contributed by atoms with Crippen LogP contribution >= 0.6 is 0 Å². The molecule has 24 heavy (non-hydrogen) atoms. The molecular weight excluding hydrogens is 310 g/mol. The fourth-order valence-corrected chi connectivity index (χ4v) is 3.05. The number of benzene rings is 1. The molecule has 1 amide bonds. The molecule has 0 aliphatic carbocycles. The number of phenolic OH excluding ortho intramolecular Hbond substituents is 1. The third-order valence-electron chi connectivity index (χ3n) is 4.05. The second-order valence-corrected chi connectivity index (χ2v) is 5.71. The van der Waals surface area contributed by atoms with Gasteiger partial charge in [0.2, 0.25) is 5.91 Å². The van der Waals surface area contributed by atoms with Crippen LogP contribution < -0.4 is 5.32 Å². The Labute approximate surface area is 139 Å². The van der Waals surface area contributed by atoms with Crippen LogP contribution in [0.2, 0.25) is 0 Å². The number of phenols is 1. The molecule has 0 unspecified atom stereocenters. The number of ether oxygens (including phenoxy) is 1. The molecule has 0 saturated carbocycles. The summed E-state index contributed by atoms with van der Waals surface area (Å²) >= 11 is 0. The summed E-state index contributed by atoms with van der Waals surface area (Å²) in [6, 6.07) is 6.79. The monoisotopic (exact) mass is 329 g/mol. The number of carbonyl (C=O) groups excluding carboxylic acids is 2. The average molecular weight is 329 g/mol. The van der Waals surface area contributed by atoms with Crippen molar-refractivity contribution in [1.29, 1.82) is 0 Å². The molecule has 0 radical (unpaired) electrons. The zero-order valence-corrected chi connectivity index (χ0v) is 13.6. The molecule has 1 aliphatic heterocycles. The van der Waals surface area contributed by atoms with Crippen molar-refractivity contribution in [3.05, 3.63) is 41.1 Å². The lowest BCUT2D eigenvalue weighted by molar-refractivity contribution is -0.144. The van der Waals surface area contributed by atoms with E-state index in [9.17, 15) is 14.7 Å². The van der Waals surface area contributed by atoms with Crippen molar-refractivity contribution in [1.82, 2.24) is 9.78 Å². The minimum Gasteiger partial charge on any atom is -0.508 e. The maximum Gasteiger partial charge on any atom is 0.327 e. The molecule has 1 aliphatic rings. The van der Waals surface area contributed by atoms with E-state index in [1.807, 2.05) is 6.92 Å². The summed E-state index contributed by atoms with van der Waals surface area (Å²) in [4.78, 5) is 23.9. The molecule has 126 valence electrons. The van der Waals surface area contributed by atoms with Crippen molar-refractivity contribution < 1.29 is 19.4 Å². The lowest BCUT2D eigenvalue weighted by Crippen LogP contribution is -2.26. The molecule has 2 heterocycles. The number of aromatic nitrogens is 2. The number of nitrogens with zero attached hydrogens (tertiary/aromatic N) is 2. The molecule has 1 atom stereocenters. The van der Waals surface area contributed by atoms with E-state index < -0.39 is 5.97 Å². The Morgan fingerprint density at radius 3 is 2.79 bits per heavy atom. The van der Waals surface area contributed by atoms with Crippen LogP contribution in [0.4, 0.5) is 5.82 Å². The quantitative estimate of drug-likeness (QED) is 0.836. The average Bonchev–Trinajstić information content (AvgIpc) is 2.83. The van der Waals surface area contributed by atoms with Gasteiger partial charge in [-0.15, -0.1) is 0 Å². The SMILES string of the molecule is CCOC(=O)Cn1nc(C)c2c1NC(=O)C[C@@H]2c1ccc(O)cc1. The Balaban J connectivity index is 2.00. The maximum atomic E-state index is 12.1. The number of anilines is 1. The number of rotatable bonds is 4. The van der Waals surface area contributed by atoms with E-state index in [2.05, 4.69) is 10.4 Å². The zero-order valence-electron chi connectivity index (χ0n) is 13.6. The van der Waals surface area contributed by atoms with Crippen molar-refractivity contribution in [3.63, 3.8) is 0 Å². The Kier molecular flexibility index (Phi) is 4.24. The van der Waals surface area contributed by atoms with Gasteiger partial charge in [-0.1, -0.05) is 12.1 Å². The Morgan fingerprint density at radius 2 is 2.12 bits per heavy atom. The summed E-state index contributed by atoms with van der Waals surface area (Å²) in [5, 5.41) is 16.7. The van der Waals surface area contributed by atoms with Crippen LogP contribution in [0.5, 0.6) is 5.75 Å². The number of carbonyl (C=O) groups is 2. The van der Waals surface area contributed by atoms with E-state index >= 15 is 0 Å². The smallest absolute Gasteiger partial charge is 0.327 e. The molecule has 7 heteroatoms. The van der Waals surface area contributed by atoms with Gasteiger partial charge in [-0.05, 0) is 31.5 Å². The van der Waals surface area contributed by atoms with Gasteiger partial charge in [-0.2, -0.15) is 5.10 Å². The van der Waals surface area contributed by atoms with Crippen molar-refractivity contribution >= 4 is 17.7 Å². The van der Waals surface area contributed by atoms with Gasteiger partial charge in [0.1, 0.15) is 18.1 Å². The van der Waals surface area contributed by atoms with Crippen LogP contribution in [0.25, 0.3) is 0 Å². The predicted octanol–water partition coefficient (Wildman–Crippen LogP) is 1.93. The zero-order chi connectivity index (χ0) is 17.3. The summed E-state index contributed by atoms with van der Waals surface area (Å²) in [5.74, 6) is 0.0172. The highest BCUT2D eigenvalue weighted by Crippen LogP contribution is 2.39. The minimum atomic E-state index is -0.399. The number of aromatic hydroxyl groups is 1. The highest BCUT2D eigenvalue weighted by molar-refractivity contribution is 5.94. The fraction of sp³-hybridized carbons (Fsp3) is 0.353. The molecular formula is C17H19N3O4. The summed E-state index contributed by atoms with van der Waals surface area (Å²) in [6.45, 7) is 3.84. The third kappa shape index (κ3) is 2.97. The van der Waals surface area contributed by atoms with Gasteiger partial charge in [0.05, 0.1) is 12.3 Å². The van der Waals surface area contributed by atoms with E-state index in [0.29, 0.717) is 18.8 Å². The van der Waals surface area contributed by atoms with E-state index in [1.165, 1.54) is 4.68 Å². The molecule has 1 aromatic heterocycles. The van der Waals surface area contributed by atoms with Crippen LogP contribution in [-0.2, 0) is 20.9 Å². The van der Waals surface area contributed by atoms with Crippen LogP contribution in [0, 0.1) is 6.92 Å². The van der Waals surface area contributed by atoms with Gasteiger partial charge in [-0.25, -0.2) is 4.68 Å². The first kappa shape index (κ1) is 16.0. The molecule has 3 rings (SSSR count). The second-order valence-electron chi connectivity index (χ2n) is 5.71. The third-order valence-corrected chi connectivity index (χ3v) is 4.05. The first-order valence-electron chi connectivity index (χ1n) is 7.81. The molecule has 0 bridgehead atoms. The number of hydrogen-bond donors (Lipinski definition) is 2. The van der Waals surface area contributed by atoms with Crippen LogP contribution in [-0.4, -0.2) is 33.4 Å².